The van der Waals surface area contributed by atoms with Crippen molar-refractivity contribution in [1.29, 1.82) is 0 Å². The average molecular weight is 406 g/mol. The van der Waals surface area contributed by atoms with E-state index in [4.69, 9.17) is 9.26 Å². The highest BCUT2D eigenvalue weighted by atomic mass is 32.2. The van der Waals surface area contributed by atoms with Gasteiger partial charge in [-0.25, -0.2) is 8.42 Å². The van der Waals surface area contributed by atoms with Crippen LogP contribution in [0.5, 0.6) is 5.75 Å². The van der Waals surface area contributed by atoms with Crippen LogP contribution in [0.2, 0.25) is 0 Å². The van der Waals surface area contributed by atoms with Crippen LogP contribution in [0.1, 0.15) is 32.1 Å². The first kappa shape index (κ1) is 19.4. The zero-order valence-electron chi connectivity index (χ0n) is 16.2. The molecule has 0 unspecified atom stereocenters. The van der Waals surface area contributed by atoms with Crippen LogP contribution >= 0.6 is 0 Å². The molecular formula is C20H27N3O4S. The Morgan fingerprint density at radius 3 is 2.46 bits per heavy atom. The summed E-state index contributed by atoms with van der Waals surface area (Å²) in [6.07, 6.45) is 7.94. The van der Waals surface area contributed by atoms with E-state index in [9.17, 15) is 8.42 Å². The van der Waals surface area contributed by atoms with Gasteiger partial charge in [0.2, 0.25) is 10.0 Å². The summed E-state index contributed by atoms with van der Waals surface area (Å²) in [5, 5.41) is 3.70. The third-order valence-corrected chi connectivity index (χ3v) is 7.81. The Morgan fingerprint density at radius 2 is 1.82 bits per heavy atom. The number of hydrogen-bond acceptors (Lipinski definition) is 6. The Hall–Kier alpha value is -1.90. The van der Waals surface area contributed by atoms with Crippen molar-refractivity contribution in [3.8, 4) is 17.1 Å². The first-order chi connectivity index (χ1) is 13.6. The van der Waals surface area contributed by atoms with Crippen molar-refractivity contribution < 1.29 is 17.7 Å². The molecule has 8 heteroatoms. The third kappa shape index (κ3) is 3.81. The van der Waals surface area contributed by atoms with Gasteiger partial charge in [0.25, 0.3) is 0 Å². The van der Waals surface area contributed by atoms with Gasteiger partial charge in [0.15, 0.2) is 5.76 Å². The van der Waals surface area contributed by atoms with Crippen LogP contribution in [0.15, 0.2) is 39.9 Å². The Balaban J connectivity index is 1.50. The van der Waals surface area contributed by atoms with E-state index in [-0.39, 0.29) is 4.90 Å². The van der Waals surface area contributed by atoms with Crippen molar-refractivity contribution in [3.05, 3.63) is 30.5 Å². The largest absolute Gasteiger partial charge is 0.495 e. The number of nitrogens with zero attached hydrogens (tertiary/aromatic N) is 3. The molecule has 152 valence electrons. The lowest BCUT2D eigenvalue weighted by atomic mass is 9.94. The van der Waals surface area contributed by atoms with E-state index in [0.717, 1.165) is 18.7 Å². The fraction of sp³-hybridized carbons (Fsp3) is 0.550. The van der Waals surface area contributed by atoms with Crippen molar-refractivity contribution in [2.75, 3.05) is 33.3 Å². The topological polar surface area (TPSA) is 75.9 Å². The van der Waals surface area contributed by atoms with Crippen molar-refractivity contribution >= 4 is 10.0 Å². The molecule has 1 aromatic carbocycles. The summed E-state index contributed by atoms with van der Waals surface area (Å²) in [6.45, 7) is 2.63. The van der Waals surface area contributed by atoms with E-state index in [1.165, 1.54) is 39.2 Å². The molecule has 0 spiro atoms. The Morgan fingerprint density at radius 1 is 1.07 bits per heavy atom. The predicted molar refractivity (Wildman–Crippen MR) is 106 cm³/mol. The van der Waals surface area contributed by atoms with Crippen LogP contribution in [0.3, 0.4) is 0 Å². The highest BCUT2D eigenvalue weighted by Crippen LogP contribution is 2.32. The molecule has 7 nitrogen and oxygen atoms in total. The molecule has 1 aromatic heterocycles. The minimum atomic E-state index is -3.61. The number of hydrogen-bond donors (Lipinski definition) is 0. The van der Waals surface area contributed by atoms with Crippen molar-refractivity contribution in [1.82, 2.24) is 14.4 Å². The second-order valence-corrected chi connectivity index (χ2v) is 9.38. The SMILES string of the molecule is COc1cc(-c2ccno2)ccc1S(=O)(=O)N1CCN(C2CCCCC2)CC1. The van der Waals surface area contributed by atoms with Crippen molar-refractivity contribution in [3.63, 3.8) is 0 Å². The van der Waals surface area contributed by atoms with Crippen LogP contribution in [0.4, 0.5) is 0 Å². The van der Waals surface area contributed by atoms with Crippen molar-refractivity contribution in [2.24, 2.45) is 0 Å². The highest BCUT2D eigenvalue weighted by molar-refractivity contribution is 7.89. The zero-order chi connectivity index (χ0) is 19.6. The number of methoxy groups -OCH3 is 1. The van der Waals surface area contributed by atoms with Crippen LogP contribution in [-0.4, -0.2) is 62.1 Å². The van der Waals surface area contributed by atoms with Gasteiger partial charge in [-0.05, 0) is 31.0 Å². The molecule has 1 aliphatic carbocycles. The van der Waals surface area contributed by atoms with E-state index in [1.54, 1.807) is 34.8 Å². The van der Waals surface area contributed by atoms with E-state index >= 15 is 0 Å². The maximum Gasteiger partial charge on any atom is 0.246 e. The van der Waals surface area contributed by atoms with Gasteiger partial charge >= 0.3 is 0 Å². The molecule has 28 heavy (non-hydrogen) atoms. The Bertz CT molecular complexity index is 884. The number of aromatic nitrogens is 1. The number of rotatable bonds is 5. The number of benzene rings is 1. The summed E-state index contributed by atoms with van der Waals surface area (Å²) in [5.41, 5.74) is 0.732. The second-order valence-electron chi connectivity index (χ2n) is 7.47. The molecule has 2 aliphatic rings. The monoisotopic (exact) mass is 405 g/mol. The van der Waals surface area contributed by atoms with E-state index in [1.807, 2.05) is 0 Å². The van der Waals surface area contributed by atoms with Gasteiger partial charge in [0, 0.05) is 43.9 Å². The van der Waals surface area contributed by atoms with Crippen LogP contribution < -0.4 is 4.74 Å². The fourth-order valence-electron chi connectivity index (χ4n) is 4.29. The lowest BCUT2D eigenvalue weighted by molar-refractivity contribution is 0.111. The summed E-state index contributed by atoms with van der Waals surface area (Å²) >= 11 is 0. The van der Waals surface area contributed by atoms with E-state index in [2.05, 4.69) is 10.1 Å². The highest BCUT2D eigenvalue weighted by Gasteiger charge is 2.33. The molecule has 0 atom stereocenters. The van der Waals surface area contributed by atoms with Crippen molar-refractivity contribution in [2.45, 2.75) is 43.0 Å². The summed E-state index contributed by atoms with van der Waals surface area (Å²) in [5.74, 6) is 0.895. The van der Waals surface area contributed by atoms with Gasteiger partial charge in [-0.15, -0.1) is 0 Å². The smallest absolute Gasteiger partial charge is 0.246 e. The molecule has 2 fully saturated rings. The average Bonchev–Trinajstić information content (AvgIpc) is 3.29. The number of ether oxygens (including phenoxy) is 1. The lowest BCUT2D eigenvalue weighted by Gasteiger charge is -2.40. The zero-order valence-corrected chi connectivity index (χ0v) is 17.0. The molecule has 2 heterocycles. The maximum atomic E-state index is 13.2. The van der Waals surface area contributed by atoms with E-state index in [0.29, 0.717) is 30.6 Å². The predicted octanol–water partition coefficient (Wildman–Crippen LogP) is 2.99. The van der Waals surface area contributed by atoms with Gasteiger partial charge in [-0.1, -0.05) is 24.4 Å². The molecule has 1 saturated heterocycles. The van der Waals surface area contributed by atoms with Gasteiger partial charge in [0.1, 0.15) is 10.6 Å². The minimum Gasteiger partial charge on any atom is -0.495 e. The van der Waals surface area contributed by atoms with Gasteiger partial charge < -0.3 is 9.26 Å². The maximum absolute atomic E-state index is 13.2. The summed E-state index contributed by atoms with van der Waals surface area (Å²) in [4.78, 5) is 2.67. The number of piperazine rings is 1. The van der Waals surface area contributed by atoms with Crippen LogP contribution in [0.25, 0.3) is 11.3 Å². The lowest BCUT2D eigenvalue weighted by Crippen LogP contribution is -2.52. The molecule has 0 bridgehead atoms. The summed E-state index contributed by atoms with van der Waals surface area (Å²) in [7, 11) is -2.12. The molecule has 2 aromatic rings. The molecule has 0 amide bonds. The Labute approximate surface area is 166 Å². The van der Waals surface area contributed by atoms with Gasteiger partial charge in [0.05, 0.1) is 13.3 Å². The molecule has 4 rings (SSSR count). The molecule has 0 N–H and O–H groups in total. The van der Waals surface area contributed by atoms with Gasteiger partial charge in [-0.2, -0.15) is 4.31 Å². The first-order valence-electron chi connectivity index (χ1n) is 9.93. The summed E-state index contributed by atoms with van der Waals surface area (Å²) in [6, 6.07) is 7.36. The fourth-order valence-corrected chi connectivity index (χ4v) is 5.85. The third-order valence-electron chi connectivity index (χ3n) is 5.87. The first-order valence-corrected chi connectivity index (χ1v) is 11.4. The minimum absolute atomic E-state index is 0.199. The quantitative estimate of drug-likeness (QED) is 0.761. The second kappa shape index (κ2) is 8.23. The van der Waals surface area contributed by atoms with E-state index < -0.39 is 10.0 Å². The normalized spacial score (nSPS) is 20.3. The Kier molecular flexibility index (Phi) is 5.70. The van der Waals surface area contributed by atoms with Gasteiger partial charge in [-0.3, -0.25) is 4.90 Å². The standard InChI is InChI=1S/C20H27N3O4S/c1-26-19-15-16(18-9-10-21-27-18)7-8-20(19)28(24,25)23-13-11-22(12-14-23)17-5-3-2-4-6-17/h7-10,15,17H,2-6,11-14H2,1H3. The molecule has 0 radical (unpaired) electrons. The van der Waals surface area contributed by atoms with Crippen LogP contribution in [-0.2, 0) is 10.0 Å². The van der Waals surface area contributed by atoms with Crippen LogP contribution in [0, 0.1) is 0 Å². The summed E-state index contributed by atoms with van der Waals surface area (Å²) < 4.78 is 38.6. The number of sulfonamides is 1. The molecular weight excluding hydrogens is 378 g/mol. The molecule has 1 saturated carbocycles. The molecule has 1 aliphatic heterocycles.